The molecule has 10 nitrogen and oxygen atoms in total. The van der Waals surface area contributed by atoms with Crippen LogP contribution in [0.25, 0.3) is 0 Å². The number of hydrogen-bond donors (Lipinski definition) is 0. The number of alkyl halides is 3. The summed E-state index contributed by atoms with van der Waals surface area (Å²) in [5, 5.41) is 8.81. The molecule has 36 heavy (non-hydrogen) atoms. The molecule has 2 unspecified atom stereocenters. The molecule has 195 valence electrons. The zero-order chi connectivity index (χ0) is 27.2. The smallest absolute Gasteiger partial charge is 0.416 e. The number of nitro groups is 1. The van der Waals surface area contributed by atoms with E-state index in [9.17, 15) is 37.2 Å². The Labute approximate surface area is 212 Å². The van der Waals surface area contributed by atoms with Crippen LogP contribution in [0.1, 0.15) is 29.8 Å². The molecule has 2 aliphatic rings. The van der Waals surface area contributed by atoms with Crippen LogP contribution in [0, 0.1) is 10.1 Å². The van der Waals surface area contributed by atoms with Gasteiger partial charge < -0.3 is 18.5 Å². The van der Waals surface area contributed by atoms with Crippen molar-refractivity contribution in [3.63, 3.8) is 0 Å². The van der Waals surface area contributed by atoms with Crippen molar-refractivity contribution < 1.29 is 50.5 Å². The van der Waals surface area contributed by atoms with Crippen LogP contribution >= 0.6 is 38.6 Å². The van der Waals surface area contributed by atoms with Gasteiger partial charge in [0.25, 0.3) is 15.4 Å². The molecule has 0 aromatic heterocycles. The highest BCUT2D eigenvalue weighted by Gasteiger charge is 2.58. The van der Waals surface area contributed by atoms with Crippen LogP contribution in [0.4, 0.5) is 18.9 Å². The van der Waals surface area contributed by atoms with Gasteiger partial charge in [0.2, 0.25) is 0 Å². The summed E-state index contributed by atoms with van der Waals surface area (Å²) in [5.74, 6) is -2.39. The summed E-state index contributed by atoms with van der Waals surface area (Å²) in [6.45, 7) is 2.48. The van der Waals surface area contributed by atoms with Crippen molar-refractivity contribution in [2.24, 2.45) is 0 Å². The van der Waals surface area contributed by atoms with Gasteiger partial charge >= 0.3 is 17.8 Å². The van der Waals surface area contributed by atoms with E-state index in [2.05, 4.69) is 4.74 Å². The zero-order valence-electron chi connectivity index (χ0n) is 18.5. The lowest BCUT2D eigenvalue weighted by atomic mass is 10.1. The van der Waals surface area contributed by atoms with Gasteiger partial charge in [-0.25, -0.2) is 9.36 Å². The van der Waals surface area contributed by atoms with Gasteiger partial charge in [-0.1, -0.05) is 23.2 Å². The SMILES string of the molecule is CCO[P](=O)c1c([N+](=O)[O-])c(C(=O)OC)c2c(Oc3c(Cl)cc(C(F)(F)F)cc3Cl)c1P2(=O)OCC. The maximum Gasteiger partial charge on any atom is 0.416 e. The molecule has 2 aliphatic heterocycles. The van der Waals surface area contributed by atoms with E-state index in [-0.39, 0.29) is 13.2 Å². The van der Waals surface area contributed by atoms with Crippen molar-refractivity contribution >= 4 is 66.2 Å². The van der Waals surface area contributed by atoms with Crippen LogP contribution in [0.5, 0.6) is 11.5 Å². The minimum absolute atomic E-state index is 0.188. The maximum atomic E-state index is 13.8. The van der Waals surface area contributed by atoms with Gasteiger partial charge in [-0.15, -0.1) is 0 Å². The topological polar surface area (TPSA) is 131 Å². The van der Waals surface area contributed by atoms with Crippen LogP contribution in [0.15, 0.2) is 12.1 Å². The predicted molar refractivity (Wildman–Crippen MR) is 123 cm³/mol. The van der Waals surface area contributed by atoms with Crippen LogP contribution in [-0.4, -0.2) is 31.2 Å². The van der Waals surface area contributed by atoms with Gasteiger partial charge in [0.05, 0.1) is 40.9 Å². The van der Waals surface area contributed by atoms with Crippen molar-refractivity contribution in [3.8, 4) is 11.5 Å². The first-order chi connectivity index (χ1) is 16.7. The first-order valence-corrected chi connectivity index (χ1v) is 13.4. The van der Waals surface area contributed by atoms with E-state index in [4.69, 9.17) is 37.0 Å². The van der Waals surface area contributed by atoms with Crippen LogP contribution in [-0.2, 0) is 29.1 Å². The number of carbonyl (C=O) groups excluding carboxylic acids is 1. The lowest BCUT2D eigenvalue weighted by molar-refractivity contribution is -0.383. The Balaban J connectivity index is 2.40. The molecule has 1 radical (unpaired) electrons. The Hall–Kier alpha value is -2.27. The minimum Gasteiger partial charge on any atom is -0.465 e. The van der Waals surface area contributed by atoms with Gasteiger partial charge in [0.15, 0.2) is 22.4 Å². The van der Waals surface area contributed by atoms with Gasteiger partial charge in [-0.05, 0) is 26.0 Å². The molecule has 0 N–H and O–H groups in total. The molecule has 4 rings (SSSR count). The molecule has 2 aromatic carbocycles. The van der Waals surface area contributed by atoms with E-state index >= 15 is 0 Å². The highest BCUT2D eigenvalue weighted by molar-refractivity contribution is 7.79. The number of nitro benzene ring substituents is 1. The van der Waals surface area contributed by atoms with Gasteiger partial charge in [-0.3, -0.25) is 14.7 Å². The van der Waals surface area contributed by atoms with Crippen molar-refractivity contribution in [3.05, 3.63) is 43.4 Å². The molecule has 2 heterocycles. The van der Waals surface area contributed by atoms with E-state index in [0.717, 1.165) is 7.11 Å². The summed E-state index contributed by atoms with van der Waals surface area (Å²) in [4.78, 5) is 23.5. The maximum absolute atomic E-state index is 13.8. The van der Waals surface area contributed by atoms with E-state index in [0.29, 0.717) is 12.1 Å². The summed E-state index contributed by atoms with van der Waals surface area (Å²) in [5.41, 5.74) is -3.06. The largest absolute Gasteiger partial charge is 0.465 e. The molecule has 0 saturated carbocycles. The number of nitrogens with zero attached hydrogens (tertiary/aromatic N) is 1. The summed E-state index contributed by atoms with van der Waals surface area (Å²) in [6, 6.07) is 1.03. The van der Waals surface area contributed by atoms with Crippen molar-refractivity contribution in [2.45, 2.75) is 20.0 Å². The number of benzene rings is 2. The number of halogens is 5. The Morgan fingerprint density at radius 2 is 1.72 bits per heavy atom. The molecule has 2 bridgehead atoms. The second-order valence-electron chi connectivity index (χ2n) is 6.86. The molecule has 0 amide bonds. The highest BCUT2D eigenvalue weighted by atomic mass is 35.5. The average Bonchev–Trinajstić information content (AvgIpc) is 2.78. The van der Waals surface area contributed by atoms with Crippen LogP contribution in [0.3, 0.4) is 0 Å². The fraction of sp³-hybridized carbons (Fsp3) is 0.316. The Morgan fingerprint density at radius 3 is 2.17 bits per heavy atom. The number of fused-ring (bicyclic) bond motifs is 2. The first kappa shape index (κ1) is 28.3. The number of ether oxygens (including phenoxy) is 2. The predicted octanol–water partition coefficient (Wildman–Crippen LogP) is 5.48. The van der Waals surface area contributed by atoms with E-state index in [1.807, 2.05) is 0 Å². The molecule has 0 saturated heterocycles. The third-order valence-corrected chi connectivity index (χ3v) is 9.47. The van der Waals surface area contributed by atoms with E-state index < -0.39 is 86.7 Å². The number of carbonyl (C=O) groups is 1. The van der Waals surface area contributed by atoms with Gasteiger partial charge in [-0.2, -0.15) is 13.2 Å². The van der Waals surface area contributed by atoms with Crippen molar-refractivity contribution in [1.29, 1.82) is 0 Å². The molecule has 0 spiro atoms. The van der Waals surface area contributed by atoms with Gasteiger partial charge in [0, 0.05) is 0 Å². The minimum atomic E-state index is -4.79. The Bertz CT molecular complexity index is 1330. The van der Waals surface area contributed by atoms with Crippen molar-refractivity contribution in [1.82, 2.24) is 0 Å². The van der Waals surface area contributed by atoms with Crippen molar-refractivity contribution in [2.75, 3.05) is 20.3 Å². The molecular weight excluding hydrogens is 576 g/mol. The molecular formula is C19H15Cl2F3NO9P2. The fourth-order valence-corrected chi connectivity index (χ4v) is 8.06. The second kappa shape index (κ2) is 10.2. The lowest BCUT2D eigenvalue weighted by Gasteiger charge is -2.35. The molecule has 2 aromatic rings. The third-order valence-electron chi connectivity index (χ3n) is 4.78. The quantitative estimate of drug-likeness (QED) is 0.161. The number of esters is 1. The Kier molecular flexibility index (Phi) is 8.05. The van der Waals surface area contributed by atoms with Gasteiger partial charge in [0.1, 0.15) is 10.6 Å². The zero-order valence-corrected chi connectivity index (χ0v) is 21.8. The normalized spacial score (nSPS) is 16.8. The van der Waals surface area contributed by atoms with Crippen LogP contribution in [0.2, 0.25) is 10.0 Å². The van der Waals surface area contributed by atoms with E-state index in [1.54, 1.807) is 0 Å². The summed E-state index contributed by atoms with van der Waals surface area (Å²) >= 11 is 11.9. The molecule has 0 fully saturated rings. The molecule has 17 heteroatoms. The fourth-order valence-electron chi connectivity index (χ4n) is 3.45. The molecule has 2 atom stereocenters. The van der Waals surface area contributed by atoms with E-state index in [1.165, 1.54) is 13.8 Å². The third kappa shape index (κ3) is 4.60. The number of methoxy groups -OCH3 is 1. The average molecular weight is 591 g/mol. The molecule has 0 aliphatic carbocycles. The first-order valence-electron chi connectivity index (χ1n) is 9.81. The van der Waals surface area contributed by atoms with Crippen LogP contribution < -0.4 is 20.7 Å². The Morgan fingerprint density at radius 1 is 1.14 bits per heavy atom. The standard InChI is InChI=1S/C19H15Cl2F3NO9P2/c1-4-32-35(29)15-12(25(27)28)11(18(26)31-3)16-14(17(15)36(16,30)33-5-2)34-13-9(20)6-8(7-10(13)21)19(22,23)24/h6-7H,4-5H2,1-3H3. The monoisotopic (exact) mass is 590 g/mol. The lowest BCUT2D eigenvalue weighted by Crippen LogP contribution is -2.47. The summed E-state index contributed by atoms with van der Waals surface area (Å²) < 4.78 is 86.6. The highest BCUT2D eigenvalue weighted by Crippen LogP contribution is 2.61. The number of hydrogen-bond acceptors (Lipinski definition) is 9. The summed E-state index contributed by atoms with van der Waals surface area (Å²) in [6.07, 6.45) is -4.79. The summed E-state index contributed by atoms with van der Waals surface area (Å²) in [7, 11) is -6.46. The number of rotatable bonds is 9. The second-order valence-corrected chi connectivity index (χ2v) is 11.1.